The molecule has 0 fully saturated rings. The minimum Gasteiger partial charge on any atom is -0.465 e. The minimum atomic E-state index is -0.371. The van der Waals surface area contributed by atoms with E-state index < -0.39 is 0 Å². The van der Waals surface area contributed by atoms with Crippen molar-refractivity contribution < 1.29 is 13.9 Å². The molecular formula is C26H26N2O3S. The highest BCUT2D eigenvalue weighted by Gasteiger charge is 2.32. The molecule has 32 heavy (non-hydrogen) atoms. The van der Waals surface area contributed by atoms with Crippen LogP contribution in [0.25, 0.3) is 11.3 Å². The Morgan fingerprint density at radius 2 is 2.00 bits per heavy atom. The van der Waals surface area contributed by atoms with Crippen LogP contribution in [0.4, 0.5) is 5.00 Å². The minimum absolute atomic E-state index is 0.261. The number of ether oxygens (including phenoxy) is 1. The van der Waals surface area contributed by atoms with Gasteiger partial charge < -0.3 is 9.15 Å². The molecule has 0 amide bonds. The second kappa shape index (κ2) is 8.76. The molecule has 0 bridgehead atoms. The zero-order valence-corrected chi connectivity index (χ0v) is 19.6. The van der Waals surface area contributed by atoms with Gasteiger partial charge in [0.25, 0.3) is 0 Å². The van der Waals surface area contributed by atoms with Crippen LogP contribution in [0.1, 0.15) is 59.3 Å². The van der Waals surface area contributed by atoms with Gasteiger partial charge in [0.05, 0.1) is 24.5 Å². The van der Waals surface area contributed by atoms with Crippen molar-refractivity contribution in [1.82, 2.24) is 0 Å². The number of furan rings is 1. The summed E-state index contributed by atoms with van der Waals surface area (Å²) in [7, 11) is 1.36. The van der Waals surface area contributed by atoms with Crippen LogP contribution in [0, 0.1) is 22.7 Å². The summed E-state index contributed by atoms with van der Waals surface area (Å²) in [5.74, 6) is 1.54. The second-order valence-electron chi connectivity index (χ2n) is 9.13. The Kier molecular flexibility index (Phi) is 6.03. The van der Waals surface area contributed by atoms with Gasteiger partial charge in [-0.3, -0.25) is 0 Å². The fraction of sp³-hybridized carbons (Fsp3) is 0.346. The maximum absolute atomic E-state index is 11.6. The van der Waals surface area contributed by atoms with Crippen LogP contribution >= 0.6 is 11.3 Å². The summed E-state index contributed by atoms with van der Waals surface area (Å²) in [5, 5.41) is 10.5. The smallest absolute Gasteiger partial charge is 0.337 e. The van der Waals surface area contributed by atoms with E-state index in [1.807, 2.05) is 24.3 Å². The van der Waals surface area contributed by atoms with Crippen LogP contribution in [0.5, 0.6) is 0 Å². The summed E-state index contributed by atoms with van der Waals surface area (Å²) in [5.41, 5.74) is 3.49. The topological polar surface area (TPSA) is 75.6 Å². The quantitative estimate of drug-likeness (QED) is 0.336. The number of fused-ring (bicyclic) bond motifs is 1. The first-order valence-electron chi connectivity index (χ1n) is 10.7. The van der Waals surface area contributed by atoms with Gasteiger partial charge in [0.15, 0.2) is 0 Å². The van der Waals surface area contributed by atoms with E-state index in [2.05, 4.69) is 31.8 Å². The lowest BCUT2D eigenvalue weighted by Gasteiger charge is -2.33. The van der Waals surface area contributed by atoms with Crippen molar-refractivity contribution in [2.24, 2.45) is 16.3 Å². The van der Waals surface area contributed by atoms with Gasteiger partial charge in [-0.05, 0) is 60.4 Å². The average molecular weight is 447 g/mol. The SMILES string of the molecule is COC(=O)c1ccc(-c2ccc(C=Nc3sc4c(c3C#N)CC[C@H](C(C)(C)C)C4)o2)cc1. The molecule has 0 radical (unpaired) electrons. The fourth-order valence-corrected chi connectivity index (χ4v) is 5.33. The fourth-order valence-electron chi connectivity index (χ4n) is 4.10. The van der Waals surface area contributed by atoms with Crippen LogP contribution in [0.2, 0.25) is 0 Å². The standard InChI is InChI=1S/C26H26N2O3S/c1-26(2,3)18-9-11-20-21(14-27)24(32-23(20)13-18)28-15-19-10-12-22(31-19)16-5-7-17(8-6-16)25(29)30-4/h5-8,10,12,15,18H,9,11,13H2,1-4H3/t18-/m0/s1. The van der Waals surface area contributed by atoms with Gasteiger partial charge in [-0.2, -0.15) is 5.26 Å². The summed E-state index contributed by atoms with van der Waals surface area (Å²) in [6, 6.07) is 13.1. The molecule has 2 aromatic heterocycles. The highest BCUT2D eigenvalue weighted by Crippen LogP contribution is 2.44. The van der Waals surface area contributed by atoms with Gasteiger partial charge in [0.2, 0.25) is 0 Å². The molecule has 1 aliphatic carbocycles. The van der Waals surface area contributed by atoms with Gasteiger partial charge in [0.1, 0.15) is 22.6 Å². The summed E-state index contributed by atoms with van der Waals surface area (Å²) < 4.78 is 10.6. The predicted molar refractivity (Wildman–Crippen MR) is 127 cm³/mol. The van der Waals surface area contributed by atoms with Crippen molar-refractivity contribution in [1.29, 1.82) is 5.26 Å². The van der Waals surface area contributed by atoms with E-state index >= 15 is 0 Å². The number of nitriles is 1. The average Bonchev–Trinajstić information content (AvgIpc) is 3.40. The summed E-state index contributed by atoms with van der Waals surface area (Å²) in [6.45, 7) is 6.87. The molecule has 0 saturated heterocycles. The Bertz CT molecular complexity index is 1200. The number of carbonyl (C=O) groups excluding carboxylic acids is 1. The number of methoxy groups -OCH3 is 1. The number of nitrogens with zero attached hydrogens (tertiary/aromatic N) is 2. The first-order chi connectivity index (χ1) is 15.3. The Morgan fingerprint density at radius 1 is 1.25 bits per heavy atom. The molecule has 1 atom stereocenters. The van der Waals surface area contributed by atoms with E-state index in [4.69, 9.17) is 9.15 Å². The molecule has 0 unspecified atom stereocenters. The normalized spacial score (nSPS) is 16.0. The molecule has 0 spiro atoms. The monoisotopic (exact) mass is 446 g/mol. The van der Waals surface area contributed by atoms with E-state index in [1.165, 1.54) is 17.6 Å². The predicted octanol–water partition coefficient (Wildman–Crippen LogP) is 6.57. The van der Waals surface area contributed by atoms with E-state index in [9.17, 15) is 10.1 Å². The number of hydrogen-bond donors (Lipinski definition) is 0. The van der Waals surface area contributed by atoms with Crippen molar-refractivity contribution in [2.75, 3.05) is 7.11 Å². The van der Waals surface area contributed by atoms with Crippen LogP contribution in [-0.4, -0.2) is 19.3 Å². The van der Waals surface area contributed by atoms with Gasteiger partial charge in [-0.1, -0.05) is 32.9 Å². The molecule has 0 aliphatic heterocycles. The second-order valence-corrected chi connectivity index (χ2v) is 10.2. The molecule has 6 heteroatoms. The summed E-state index contributed by atoms with van der Waals surface area (Å²) in [4.78, 5) is 17.5. The highest BCUT2D eigenvalue weighted by molar-refractivity contribution is 7.16. The largest absolute Gasteiger partial charge is 0.465 e. The van der Waals surface area contributed by atoms with Crippen molar-refractivity contribution in [2.45, 2.75) is 40.0 Å². The van der Waals surface area contributed by atoms with Crippen molar-refractivity contribution in [3.63, 3.8) is 0 Å². The first-order valence-corrected chi connectivity index (χ1v) is 11.5. The molecule has 164 valence electrons. The molecular weight excluding hydrogens is 420 g/mol. The Hall–Kier alpha value is -3.17. The maximum atomic E-state index is 11.6. The highest BCUT2D eigenvalue weighted by atomic mass is 32.1. The molecule has 4 rings (SSSR count). The molecule has 3 aromatic rings. The number of benzene rings is 1. The third-order valence-electron chi connectivity index (χ3n) is 6.11. The molecule has 5 nitrogen and oxygen atoms in total. The van der Waals surface area contributed by atoms with Gasteiger partial charge in [-0.15, -0.1) is 11.3 Å². The van der Waals surface area contributed by atoms with Crippen LogP contribution < -0.4 is 0 Å². The Balaban J connectivity index is 1.54. The maximum Gasteiger partial charge on any atom is 0.337 e. The first kappa shape index (κ1) is 22.0. The molecule has 0 saturated carbocycles. The van der Waals surface area contributed by atoms with Crippen LogP contribution in [-0.2, 0) is 17.6 Å². The van der Waals surface area contributed by atoms with E-state index in [1.54, 1.807) is 29.7 Å². The van der Waals surface area contributed by atoms with Crippen LogP contribution in [0.3, 0.4) is 0 Å². The third-order valence-corrected chi connectivity index (χ3v) is 7.27. The number of carbonyl (C=O) groups is 1. The zero-order chi connectivity index (χ0) is 22.9. The third kappa shape index (κ3) is 4.39. The number of rotatable bonds is 4. The van der Waals surface area contributed by atoms with E-state index in [-0.39, 0.29) is 11.4 Å². The summed E-state index contributed by atoms with van der Waals surface area (Å²) >= 11 is 1.63. The molecule has 2 heterocycles. The van der Waals surface area contributed by atoms with Crippen molar-refractivity contribution in [3.05, 3.63) is 63.7 Å². The summed E-state index contributed by atoms with van der Waals surface area (Å²) in [6.07, 6.45) is 4.74. The number of aliphatic imine (C=N–C) groups is 1. The van der Waals surface area contributed by atoms with Crippen molar-refractivity contribution >= 4 is 28.5 Å². The van der Waals surface area contributed by atoms with Crippen LogP contribution in [0.15, 0.2) is 45.8 Å². The number of hydrogen-bond acceptors (Lipinski definition) is 6. The van der Waals surface area contributed by atoms with Gasteiger partial charge in [-0.25, -0.2) is 9.79 Å². The molecule has 1 aliphatic rings. The lowest BCUT2D eigenvalue weighted by molar-refractivity contribution is 0.0600. The number of thiophene rings is 1. The number of esters is 1. The van der Waals surface area contributed by atoms with E-state index in [0.29, 0.717) is 28.6 Å². The molecule has 0 N–H and O–H groups in total. The van der Waals surface area contributed by atoms with Crippen molar-refractivity contribution in [3.8, 4) is 17.4 Å². The Labute approximate surface area is 192 Å². The zero-order valence-electron chi connectivity index (χ0n) is 18.8. The molecule has 1 aromatic carbocycles. The lowest BCUT2D eigenvalue weighted by Crippen LogP contribution is -2.26. The van der Waals surface area contributed by atoms with E-state index in [0.717, 1.165) is 29.8 Å². The van der Waals surface area contributed by atoms with Gasteiger partial charge >= 0.3 is 5.97 Å². The lowest BCUT2D eigenvalue weighted by atomic mass is 9.72. The Morgan fingerprint density at radius 3 is 2.66 bits per heavy atom. The van der Waals surface area contributed by atoms with Gasteiger partial charge in [0, 0.05) is 10.4 Å².